The van der Waals surface area contributed by atoms with Crippen molar-refractivity contribution in [1.82, 2.24) is 0 Å². The van der Waals surface area contributed by atoms with Crippen LogP contribution in [0.3, 0.4) is 0 Å². The van der Waals surface area contributed by atoms with Crippen molar-refractivity contribution in [3.63, 3.8) is 0 Å². The van der Waals surface area contributed by atoms with E-state index in [1.165, 1.54) is 6.92 Å². The molecule has 48 heavy (non-hydrogen) atoms. The molecule has 5 fully saturated rings. The summed E-state index contributed by atoms with van der Waals surface area (Å²) in [4.78, 5) is 40.0. The minimum atomic E-state index is -1.54. The average Bonchev–Trinajstić information content (AvgIpc) is 3.70. The Morgan fingerprint density at radius 2 is 1.48 bits per heavy atom. The first kappa shape index (κ1) is 32.7. The molecule has 2 aromatic carbocycles. The quantitative estimate of drug-likeness (QED) is 0.235. The van der Waals surface area contributed by atoms with Gasteiger partial charge in [0.2, 0.25) is 12.4 Å². The summed E-state index contributed by atoms with van der Waals surface area (Å²) in [5.41, 5.74) is -4.58. The van der Waals surface area contributed by atoms with E-state index in [1.54, 1.807) is 55.5 Å². The number of para-hydroxylation sites is 2. The molecule has 5 aliphatic rings. The number of benzene rings is 2. The van der Waals surface area contributed by atoms with Gasteiger partial charge in [0, 0.05) is 37.8 Å². The molecule has 10 atom stereocenters. The van der Waals surface area contributed by atoms with Crippen molar-refractivity contribution >= 4 is 52.8 Å². The van der Waals surface area contributed by atoms with Crippen LogP contribution in [0.15, 0.2) is 60.7 Å². The van der Waals surface area contributed by atoms with E-state index >= 15 is 0 Å². The van der Waals surface area contributed by atoms with Gasteiger partial charge in [-0.2, -0.15) is 0 Å². The molecule has 7 rings (SSSR count). The third-order valence-corrected chi connectivity index (χ3v) is 11.2. The summed E-state index contributed by atoms with van der Waals surface area (Å²) in [5.74, 6) is -2.17. The zero-order valence-corrected chi connectivity index (χ0v) is 28.7. The Labute approximate surface area is 288 Å². The first-order valence-electron chi connectivity index (χ1n) is 15.9. The molecule has 254 valence electrons. The predicted octanol–water partition coefficient (Wildman–Crippen LogP) is 5.07. The SMILES string of the molecule is CC(=O)OC1C[C@@H](C(C)(C)C)C23C(OC(=O)[C@@H]2OC(=S)Oc2ccccc2)OC2C13CC1OC(=O)[C@@H](C)[C@@]12OC(=S)Oc1ccccc1. The topological polar surface area (TPSA) is 125 Å². The highest BCUT2D eigenvalue weighted by Crippen LogP contribution is 2.79. The Kier molecular flexibility index (Phi) is 7.76. The first-order valence-corrected chi connectivity index (χ1v) is 16.7. The number of hydrogen-bond acceptors (Lipinski definition) is 13. The Morgan fingerprint density at radius 3 is 2.06 bits per heavy atom. The smallest absolute Gasteiger partial charge is 0.358 e. The van der Waals surface area contributed by atoms with Crippen LogP contribution in [0.1, 0.15) is 47.5 Å². The van der Waals surface area contributed by atoms with Crippen molar-refractivity contribution in [3.8, 4) is 11.5 Å². The van der Waals surface area contributed by atoms with Gasteiger partial charge in [0.05, 0.1) is 10.8 Å². The number of esters is 3. The van der Waals surface area contributed by atoms with E-state index in [9.17, 15) is 14.4 Å². The summed E-state index contributed by atoms with van der Waals surface area (Å²) >= 11 is 11.1. The maximum Gasteiger partial charge on any atom is 0.358 e. The number of carbonyl (C=O) groups is 3. The van der Waals surface area contributed by atoms with E-state index in [4.69, 9.17) is 62.3 Å². The van der Waals surface area contributed by atoms with E-state index < -0.39 is 82.3 Å². The standard InChI is InChI=1S/C35H36O11S2/c1-18-26(37)42-24-17-33-23(39-19(2)36)16-22(32(3,4)5)34(33)25(43-30(47)40-20-12-8-6-9-13-20)27(38)44-29(34)45-28(33)35(18,24)46-31(48)41-21-14-10-7-11-15-21/h6-15,18,22-25,28-29H,16-17H2,1-5H3/t18-,22+,23?,24?,25+,28?,29?,33?,34?,35-/m1/s1. The summed E-state index contributed by atoms with van der Waals surface area (Å²) in [6.07, 6.45) is -4.86. The van der Waals surface area contributed by atoms with Crippen LogP contribution in [0.5, 0.6) is 11.5 Å². The van der Waals surface area contributed by atoms with Gasteiger partial charge in [-0.15, -0.1) is 0 Å². The highest BCUT2D eigenvalue weighted by molar-refractivity contribution is 7.80. The lowest BCUT2D eigenvalue weighted by Crippen LogP contribution is -2.60. The minimum Gasteiger partial charge on any atom is -0.462 e. The summed E-state index contributed by atoms with van der Waals surface area (Å²) < 4.78 is 49.6. The molecule has 6 unspecified atom stereocenters. The normalized spacial score (nSPS) is 37.3. The molecule has 0 amide bonds. The highest BCUT2D eigenvalue weighted by Gasteiger charge is 2.93. The minimum absolute atomic E-state index is 0.0888. The van der Waals surface area contributed by atoms with E-state index in [1.807, 2.05) is 32.9 Å². The predicted molar refractivity (Wildman–Crippen MR) is 174 cm³/mol. The Morgan fingerprint density at radius 1 is 0.875 bits per heavy atom. The molecule has 2 spiro atoms. The monoisotopic (exact) mass is 696 g/mol. The van der Waals surface area contributed by atoms with Gasteiger partial charge >= 0.3 is 28.4 Å². The number of thiocarbonyl (C=S) groups is 2. The molecule has 0 radical (unpaired) electrons. The molecular weight excluding hydrogens is 661 g/mol. The highest BCUT2D eigenvalue weighted by atomic mass is 32.1. The van der Waals surface area contributed by atoms with Crippen molar-refractivity contribution in [2.45, 2.75) is 83.8 Å². The van der Waals surface area contributed by atoms with E-state index in [-0.39, 0.29) is 16.9 Å². The van der Waals surface area contributed by atoms with Crippen LogP contribution < -0.4 is 9.47 Å². The molecule has 2 aliphatic carbocycles. The van der Waals surface area contributed by atoms with Gasteiger partial charge in [-0.05, 0) is 48.9 Å². The van der Waals surface area contributed by atoms with E-state index in [0.29, 0.717) is 17.9 Å². The lowest BCUT2D eigenvalue weighted by molar-refractivity contribution is -0.201. The number of carbonyl (C=O) groups excluding carboxylic acids is 3. The Balaban J connectivity index is 1.36. The van der Waals surface area contributed by atoms with Crippen molar-refractivity contribution in [2.75, 3.05) is 0 Å². The third kappa shape index (κ3) is 4.57. The number of hydrogen-bond donors (Lipinski definition) is 0. The van der Waals surface area contributed by atoms with Crippen LogP contribution in [-0.2, 0) is 42.8 Å². The molecule has 3 heterocycles. The number of rotatable bonds is 5. The average molecular weight is 697 g/mol. The maximum absolute atomic E-state index is 13.9. The lowest BCUT2D eigenvalue weighted by Gasteiger charge is -2.47. The number of ether oxygens (including phenoxy) is 8. The van der Waals surface area contributed by atoms with Gasteiger partial charge in [0.25, 0.3) is 0 Å². The Bertz CT molecular complexity index is 1660. The van der Waals surface area contributed by atoms with E-state index in [0.717, 1.165) is 0 Å². The van der Waals surface area contributed by atoms with Crippen LogP contribution >= 0.6 is 24.4 Å². The second-order valence-electron chi connectivity index (χ2n) is 14.1. The zero-order chi connectivity index (χ0) is 34.2. The second kappa shape index (κ2) is 11.4. The van der Waals surface area contributed by atoms with Gasteiger partial charge in [-0.3, -0.25) is 9.59 Å². The van der Waals surface area contributed by atoms with E-state index in [2.05, 4.69) is 0 Å². The fourth-order valence-corrected chi connectivity index (χ4v) is 9.69. The fourth-order valence-electron chi connectivity index (χ4n) is 9.26. The van der Waals surface area contributed by atoms with Gasteiger partial charge in [-0.25, -0.2) is 4.79 Å². The van der Waals surface area contributed by atoms with Gasteiger partial charge in [-0.1, -0.05) is 57.2 Å². The summed E-state index contributed by atoms with van der Waals surface area (Å²) in [7, 11) is 0. The number of fused-ring (bicyclic) bond motifs is 2. The largest absolute Gasteiger partial charge is 0.462 e. The molecule has 11 nitrogen and oxygen atoms in total. The van der Waals surface area contributed by atoms with Crippen LogP contribution in [0.2, 0.25) is 0 Å². The van der Waals surface area contributed by atoms with Crippen LogP contribution in [-0.4, -0.2) is 64.7 Å². The molecule has 3 aliphatic heterocycles. The fraction of sp³-hybridized carbons (Fsp3) is 0.514. The second-order valence-corrected chi connectivity index (χ2v) is 14.8. The molecule has 3 saturated heterocycles. The van der Waals surface area contributed by atoms with Crippen LogP contribution in [0.4, 0.5) is 0 Å². The summed E-state index contributed by atoms with van der Waals surface area (Å²) in [6.45, 7) is 9.11. The molecule has 0 aromatic heterocycles. The molecule has 13 heteroatoms. The lowest BCUT2D eigenvalue weighted by atomic mass is 9.54. The first-order chi connectivity index (χ1) is 22.7. The molecular formula is C35H36O11S2. The van der Waals surface area contributed by atoms with Crippen molar-refractivity contribution in [1.29, 1.82) is 0 Å². The third-order valence-electron chi connectivity index (χ3n) is 10.8. The van der Waals surface area contributed by atoms with Crippen molar-refractivity contribution in [3.05, 3.63) is 60.7 Å². The summed E-state index contributed by atoms with van der Waals surface area (Å²) in [5, 5.41) is -0.540. The molecule has 2 aromatic rings. The van der Waals surface area contributed by atoms with Crippen LogP contribution in [0, 0.1) is 28.1 Å². The van der Waals surface area contributed by atoms with Gasteiger partial charge in [0.15, 0.2) is 5.60 Å². The van der Waals surface area contributed by atoms with Crippen molar-refractivity contribution in [2.24, 2.45) is 28.1 Å². The summed E-state index contributed by atoms with van der Waals surface area (Å²) in [6, 6.07) is 17.6. The van der Waals surface area contributed by atoms with Gasteiger partial charge in [0.1, 0.15) is 35.7 Å². The molecule has 2 saturated carbocycles. The Hall–Kier alpha value is -3.81. The van der Waals surface area contributed by atoms with Gasteiger partial charge < -0.3 is 37.9 Å². The maximum atomic E-state index is 13.9. The van der Waals surface area contributed by atoms with Crippen LogP contribution in [0.25, 0.3) is 0 Å². The molecule has 0 N–H and O–H groups in total. The zero-order valence-electron chi connectivity index (χ0n) is 27.0. The molecule has 0 bridgehead atoms. The van der Waals surface area contributed by atoms with Crippen molar-refractivity contribution < 1.29 is 52.3 Å².